The summed E-state index contributed by atoms with van der Waals surface area (Å²) in [6.07, 6.45) is 4.79. The van der Waals surface area contributed by atoms with Crippen molar-refractivity contribution in [1.82, 2.24) is 21.0 Å². The van der Waals surface area contributed by atoms with E-state index in [1.54, 1.807) is 19.1 Å². The first-order valence-electron chi connectivity index (χ1n) is 13.1. The summed E-state index contributed by atoms with van der Waals surface area (Å²) in [6.45, 7) is 8.62. The molecule has 39 heavy (non-hydrogen) atoms. The predicted molar refractivity (Wildman–Crippen MR) is 152 cm³/mol. The minimum absolute atomic E-state index is 0.0404. The molecule has 1 saturated carbocycles. The Labute approximate surface area is 229 Å². The minimum Gasteiger partial charge on any atom is -0.389 e. The Morgan fingerprint density at radius 3 is 2.59 bits per heavy atom. The molecule has 1 fully saturated rings. The number of aliphatic hydroxyl groups excluding tert-OH is 1. The van der Waals surface area contributed by atoms with E-state index >= 15 is 0 Å². The Bertz CT molecular complexity index is 1460. The molecule has 0 spiro atoms. The van der Waals surface area contributed by atoms with E-state index in [1.807, 2.05) is 23.3 Å². The van der Waals surface area contributed by atoms with Crippen molar-refractivity contribution < 1.29 is 9.50 Å². The number of pyridine rings is 1. The van der Waals surface area contributed by atoms with Crippen LogP contribution in [0.5, 0.6) is 0 Å². The van der Waals surface area contributed by atoms with E-state index in [0.717, 1.165) is 12.8 Å². The fraction of sp³-hybridized carbons (Fsp3) is 0.379. The molecule has 0 amide bonds. The van der Waals surface area contributed by atoms with E-state index in [4.69, 9.17) is 7.85 Å². The van der Waals surface area contributed by atoms with Crippen LogP contribution in [-0.4, -0.2) is 35.5 Å². The van der Waals surface area contributed by atoms with Gasteiger partial charge in [-0.3, -0.25) is 9.99 Å². The van der Waals surface area contributed by atoms with Crippen LogP contribution in [0.4, 0.5) is 15.8 Å². The number of benzene rings is 2. The summed E-state index contributed by atoms with van der Waals surface area (Å²) in [6, 6.07) is 12.4. The van der Waals surface area contributed by atoms with Crippen molar-refractivity contribution in [2.75, 3.05) is 17.2 Å². The van der Waals surface area contributed by atoms with E-state index in [2.05, 4.69) is 53.4 Å². The molecule has 2 unspecified atom stereocenters. The first-order chi connectivity index (χ1) is 18.5. The molecular weight excluding hydrogens is 492 g/mol. The smallest absolute Gasteiger partial charge is 0.123 e. The summed E-state index contributed by atoms with van der Waals surface area (Å²) < 4.78 is 13.9. The molecule has 200 valence electrons. The third-order valence-corrected chi connectivity index (χ3v) is 6.96. The molecule has 5 N–H and O–H groups in total. The Hall–Kier alpha value is -3.81. The van der Waals surface area contributed by atoms with Gasteiger partial charge in [0.05, 0.1) is 34.0 Å². The van der Waals surface area contributed by atoms with Crippen LogP contribution >= 0.6 is 0 Å². The van der Waals surface area contributed by atoms with Crippen LogP contribution in [0, 0.1) is 22.6 Å². The van der Waals surface area contributed by atoms with Gasteiger partial charge >= 0.3 is 0 Å². The van der Waals surface area contributed by atoms with E-state index in [-0.39, 0.29) is 11.2 Å². The number of aliphatic hydroxyl groups is 1. The minimum atomic E-state index is -1.28. The SMILES string of the molecule is [B]C(Nc1cc(C(C)O)c2ncc(C#N)c(NCC(C)(C)C)c2c1)(C1=CN(C2CC2)NN1)c1ccc(F)cc1. The summed E-state index contributed by atoms with van der Waals surface area (Å²) >= 11 is 0. The van der Waals surface area contributed by atoms with Gasteiger partial charge in [0, 0.05) is 41.6 Å². The third-order valence-electron chi connectivity index (χ3n) is 6.96. The van der Waals surface area contributed by atoms with Crippen LogP contribution in [0.25, 0.3) is 10.9 Å². The largest absolute Gasteiger partial charge is 0.389 e. The summed E-state index contributed by atoms with van der Waals surface area (Å²) in [4.78, 5) is 4.53. The zero-order chi connectivity index (χ0) is 27.9. The summed E-state index contributed by atoms with van der Waals surface area (Å²) in [5, 5.41) is 30.1. The molecule has 2 heterocycles. The molecule has 2 aromatic carbocycles. The maximum Gasteiger partial charge on any atom is 0.123 e. The molecule has 0 saturated heterocycles. The standard InChI is InChI=1S/C29H33BFN7O/c1-17(39)23-11-21(12-24-26(34-16-28(2,3)4)18(13-32)14-33-27(23)24)35-29(30,19-5-7-20(31)8-6-19)25-15-38(37-36-25)22-9-10-22/h5-8,11-12,14-15,17,22,35-37,39H,9-10,16H2,1-4H3,(H,33,34). The van der Waals surface area contributed by atoms with Crippen molar-refractivity contribution in [1.29, 1.82) is 5.26 Å². The normalized spacial score (nSPS) is 17.7. The molecule has 1 aliphatic heterocycles. The van der Waals surface area contributed by atoms with Crippen LogP contribution in [-0.2, 0) is 5.44 Å². The maximum atomic E-state index is 13.9. The van der Waals surface area contributed by atoms with Gasteiger partial charge in [-0.05, 0) is 55.0 Å². The van der Waals surface area contributed by atoms with E-state index in [1.165, 1.54) is 18.3 Å². The second kappa shape index (κ2) is 10.1. The predicted octanol–water partition coefficient (Wildman–Crippen LogP) is 4.52. The molecule has 1 aromatic heterocycles. The van der Waals surface area contributed by atoms with Gasteiger partial charge in [-0.25, -0.2) is 4.39 Å². The molecule has 0 bridgehead atoms. The monoisotopic (exact) mass is 525 g/mol. The Kier molecular flexibility index (Phi) is 6.91. The molecule has 1 aliphatic carbocycles. The van der Waals surface area contributed by atoms with Gasteiger partial charge in [-0.15, -0.1) is 5.53 Å². The number of hydrogen-bond donors (Lipinski definition) is 5. The van der Waals surface area contributed by atoms with E-state index in [0.29, 0.717) is 57.3 Å². The fourth-order valence-corrected chi connectivity index (χ4v) is 4.66. The summed E-state index contributed by atoms with van der Waals surface area (Å²) in [5.74, 6) is -0.362. The quantitative estimate of drug-likeness (QED) is 0.274. The molecular formula is C29H33BFN7O. The van der Waals surface area contributed by atoms with Gasteiger partial charge < -0.3 is 21.2 Å². The number of aromatic nitrogens is 1. The summed E-state index contributed by atoms with van der Waals surface area (Å²) in [5.41, 5.74) is 9.13. The topological polar surface area (TPSA) is 108 Å². The lowest BCUT2D eigenvalue weighted by atomic mass is 9.69. The highest BCUT2D eigenvalue weighted by Gasteiger charge is 2.38. The van der Waals surface area contributed by atoms with E-state index < -0.39 is 11.5 Å². The highest BCUT2D eigenvalue weighted by Crippen LogP contribution is 2.38. The van der Waals surface area contributed by atoms with Gasteiger partial charge in [0.1, 0.15) is 19.7 Å². The van der Waals surface area contributed by atoms with Crippen LogP contribution in [0.15, 0.2) is 54.5 Å². The summed E-state index contributed by atoms with van der Waals surface area (Å²) in [7, 11) is 7.09. The van der Waals surface area contributed by atoms with Crippen molar-refractivity contribution >= 4 is 30.1 Å². The Morgan fingerprint density at radius 1 is 1.26 bits per heavy atom. The second-order valence-electron chi connectivity index (χ2n) is 11.6. The lowest BCUT2D eigenvalue weighted by molar-refractivity contribution is 0.200. The molecule has 2 aliphatic rings. The molecule has 3 aromatic rings. The Morgan fingerprint density at radius 2 is 1.97 bits per heavy atom. The van der Waals surface area contributed by atoms with Gasteiger partial charge in [0.15, 0.2) is 0 Å². The number of hydrogen-bond acceptors (Lipinski definition) is 8. The highest BCUT2D eigenvalue weighted by molar-refractivity contribution is 6.19. The van der Waals surface area contributed by atoms with Gasteiger partial charge in [-0.1, -0.05) is 32.9 Å². The van der Waals surface area contributed by atoms with Crippen LogP contribution in [0.3, 0.4) is 0 Å². The van der Waals surface area contributed by atoms with Crippen molar-refractivity contribution in [3.63, 3.8) is 0 Å². The number of anilines is 2. The molecule has 8 nitrogen and oxygen atoms in total. The highest BCUT2D eigenvalue weighted by atomic mass is 19.1. The van der Waals surface area contributed by atoms with Crippen molar-refractivity contribution in [3.8, 4) is 6.07 Å². The molecule has 10 heteroatoms. The van der Waals surface area contributed by atoms with Crippen molar-refractivity contribution in [2.24, 2.45) is 5.41 Å². The molecule has 2 atom stereocenters. The van der Waals surface area contributed by atoms with Crippen molar-refractivity contribution in [2.45, 2.75) is 58.1 Å². The van der Waals surface area contributed by atoms with Gasteiger partial charge in [0.2, 0.25) is 0 Å². The lowest BCUT2D eigenvalue weighted by Crippen LogP contribution is -2.45. The van der Waals surface area contributed by atoms with Crippen LogP contribution < -0.4 is 21.6 Å². The molecule has 5 rings (SSSR count). The second-order valence-corrected chi connectivity index (χ2v) is 11.6. The first-order valence-corrected chi connectivity index (χ1v) is 13.1. The average Bonchev–Trinajstić information content (AvgIpc) is 3.62. The number of halogens is 1. The number of nitrogens with zero attached hydrogens (tertiary/aromatic N) is 3. The maximum absolute atomic E-state index is 13.9. The number of hydrazine groups is 2. The Balaban J connectivity index is 1.64. The number of nitrogens with one attached hydrogen (secondary N) is 4. The van der Waals surface area contributed by atoms with Gasteiger partial charge in [-0.2, -0.15) is 5.26 Å². The first kappa shape index (κ1) is 26.8. The van der Waals surface area contributed by atoms with Crippen molar-refractivity contribution in [3.05, 3.63) is 77.0 Å². The molecule has 2 radical (unpaired) electrons. The zero-order valence-corrected chi connectivity index (χ0v) is 22.6. The van der Waals surface area contributed by atoms with Crippen LogP contribution in [0.1, 0.15) is 63.3 Å². The average molecular weight is 525 g/mol. The lowest BCUT2D eigenvalue weighted by Gasteiger charge is -2.34. The fourth-order valence-electron chi connectivity index (χ4n) is 4.66. The van der Waals surface area contributed by atoms with Gasteiger partial charge in [0.25, 0.3) is 0 Å². The third kappa shape index (κ3) is 5.51. The number of nitriles is 1. The number of rotatable bonds is 8. The zero-order valence-electron chi connectivity index (χ0n) is 22.6. The van der Waals surface area contributed by atoms with Crippen LogP contribution in [0.2, 0.25) is 0 Å². The number of fused-ring (bicyclic) bond motifs is 1. The van der Waals surface area contributed by atoms with E-state index in [9.17, 15) is 14.8 Å².